The maximum absolute atomic E-state index is 11.8. The van der Waals surface area contributed by atoms with Crippen LogP contribution in [0.2, 0.25) is 0 Å². The highest BCUT2D eigenvalue weighted by Gasteiger charge is 2.17. The molecule has 0 atom stereocenters. The highest BCUT2D eigenvalue weighted by molar-refractivity contribution is 7.23. The number of nitrogens with zero attached hydrogens (tertiary/aromatic N) is 3. The Balaban J connectivity index is 2.61. The largest absolute Gasteiger partial charge is 0.504 e. The normalized spacial score (nSPS) is 11.0. The van der Waals surface area contributed by atoms with Crippen molar-refractivity contribution in [1.82, 2.24) is 9.38 Å². The smallest absolute Gasteiger partial charge is 0.292 e. The molecule has 0 spiro atoms. The van der Waals surface area contributed by atoms with Gasteiger partial charge in [0.15, 0.2) is 16.5 Å². The zero-order valence-electron chi connectivity index (χ0n) is 10.4. The fourth-order valence-corrected chi connectivity index (χ4v) is 3.26. The summed E-state index contributed by atoms with van der Waals surface area (Å²) >= 11 is 1.22. The second-order valence-corrected chi connectivity index (χ2v) is 5.24. The van der Waals surface area contributed by atoms with E-state index < -0.39 is 5.56 Å². The molecule has 3 rings (SSSR count). The molecule has 0 fully saturated rings. The molecule has 0 unspecified atom stereocenters. The van der Waals surface area contributed by atoms with E-state index in [0.29, 0.717) is 27.3 Å². The Morgan fingerprint density at radius 2 is 2.10 bits per heavy atom. The first-order valence-electron chi connectivity index (χ1n) is 5.87. The molecule has 20 heavy (non-hydrogen) atoms. The molecular weight excluding hydrogens is 278 g/mol. The fraction of sp³-hybridized carbons (Fsp3) is 0.154. The minimum absolute atomic E-state index is 0.0114. The second kappa shape index (κ2) is 4.21. The number of thiazole rings is 1. The molecule has 0 radical (unpaired) electrons. The van der Waals surface area contributed by atoms with Crippen molar-refractivity contribution in [3.05, 3.63) is 33.7 Å². The van der Waals surface area contributed by atoms with Crippen molar-refractivity contribution in [2.45, 2.75) is 13.3 Å². The van der Waals surface area contributed by atoms with Gasteiger partial charge in [-0.15, -0.1) is 0 Å². The highest BCUT2D eigenvalue weighted by Crippen LogP contribution is 2.35. The quantitative estimate of drug-likeness (QED) is 0.664. The molecule has 7 heteroatoms. The zero-order valence-corrected chi connectivity index (χ0v) is 11.2. The molecule has 0 saturated heterocycles. The van der Waals surface area contributed by atoms with E-state index >= 15 is 0 Å². The van der Waals surface area contributed by atoms with Gasteiger partial charge in [-0.05, 0) is 6.42 Å². The van der Waals surface area contributed by atoms with Crippen LogP contribution in [0.3, 0.4) is 0 Å². The molecule has 2 N–H and O–H groups in total. The van der Waals surface area contributed by atoms with Crippen LogP contribution in [-0.4, -0.2) is 19.6 Å². The third-order valence-corrected chi connectivity index (χ3v) is 4.11. The molecule has 0 aliphatic rings. The molecule has 1 aromatic carbocycles. The van der Waals surface area contributed by atoms with E-state index in [-0.39, 0.29) is 17.1 Å². The fourth-order valence-electron chi connectivity index (χ4n) is 2.21. The minimum atomic E-state index is -0.552. The van der Waals surface area contributed by atoms with Crippen molar-refractivity contribution in [3.63, 3.8) is 0 Å². The summed E-state index contributed by atoms with van der Waals surface area (Å²) in [5.74, 6) is -0.484. The molecular formula is C13H9N3O3S. The van der Waals surface area contributed by atoms with Crippen LogP contribution in [-0.2, 0) is 6.42 Å². The maximum atomic E-state index is 11.8. The first-order chi connectivity index (χ1) is 9.56. The lowest BCUT2D eigenvalue weighted by Gasteiger charge is -2.05. The van der Waals surface area contributed by atoms with Crippen LogP contribution in [0, 0.1) is 11.3 Å². The van der Waals surface area contributed by atoms with Crippen LogP contribution < -0.4 is 5.56 Å². The Labute approximate surface area is 116 Å². The molecule has 0 bridgehead atoms. The van der Waals surface area contributed by atoms with E-state index in [1.165, 1.54) is 23.5 Å². The molecule has 3 aromatic rings. The summed E-state index contributed by atoms with van der Waals surface area (Å²) in [7, 11) is 0. The summed E-state index contributed by atoms with van der Waals surface area (Å²) in [4.78, 5) is 16.1. The molecule has 100 valence electrons. The van der Waals surface area contributed by atoms with Gasteiger partial charge in [0.1, 0.15) is 11.6 Å². The van der Waals surface area contributed by atoms with Crippen molar-refractivity contribution in [2.75, 3.05) is 0 Å². The van der Waals surface area contributed by atoms with Crippen LogP contribution >= 0.6 is 11.3 Å². The third-order valence-electron chi connectivity index (χ3n) is 3.11. The number of hydrogen-bond donors (Lipinski definition) is 2. The maximum Gasteiger partial charge on any atom is 0.292 e. The lowest BCUT2D eigenvalue weighted by atomic mass is 10.2. The van der Waals surface area contributed by atoms with Gasteiger partial charge in [-0.1, -0.05) is 18.3 Å². The van der Waals surface area contributed by atoms with Crippen LogP contribution in [0.15, 0.2) is 16.9 Å². The van der Waals surface area contributed by atoms with E-state index in [2.05, 4.69) is 4.98 Å². The summed E-state index contributed by atoms with van der Waals surface area (Å²) in [6, 6.07) is 4.70. The Kier molecular flexibility index (Phi) is 2.62. The Morgan fingerprint density at radius 1 is 1.40 bits per heavy atom. The molecule has 2 aromatic heterocycles. The monoisotopic (exact) mass is 287 g/mol. The van der Waals surface area contributed by atoms with E-state index in [0.717, 1.165) is 0 Å². The molecule has 6 nitrogen and oxygen atoms in total. The number of fused-ring (bicyclic) bond motifs is 3. The van der Waals surface area contributed by atoms with Gasteiger partial charge in [0.2, 0.25) is 0 Å². The minimum Gasteiger partial charge on any atom is -0.504 e. The summed E-state index contributed by atoms with van der Waals surface area (Å²) in [5, 5.41) is 28.3. The van der Waals surface area contributed by atoms with E-state index in [9.17, 15) is 15.0 Å². The first-order valence-corrected chi connectivity index (χ1v) is 6.68. The number of benzene rings is 1. The van der Waals surface area contributed by atoms with Gasteiger partial charge in [-0.2, -0.15) is 10.2 Å². The van der Waals surface area contributed by atoms with Crippen molar-refractivity contribution in [1.29, 1.82) is 5.26 Å². The van der Waals surface area contributed by atoms with Gasteiger partial charge in [0.05, 0.1) is 10.2 Å². The first kappa shape index (κ1) is 12.4. The SMILES string of the molecule is CCc1c(C#N)c(=O)nc2sc3cc(O)c(O)cc3n12. The summed E-state index contributed by atoms with van der Waals surface area (Å²) < 4.78 is 2.36. The number of aromatic nitrogens is 2. The third kappa shape index (κ3) is 1.55. The summed E-state index contributed by atoms with van der Waals surface area (Å²) in [5.41, 5.74) is 0.626. The predicted molar refractivity (Wildman–Crippen MR) is 74.3 cm³/mol. The summed E-state index contributed by atoms with van der Waals surface area (Å²) in [6.45, 7) is 1.84. The van der Waals surface area contributed by atoms with Crippen molar-refractivity contribution in [3.8, 4) is 17.6 Å². The number of phenolic OH excluding ortho intramolecular Hbond substituents is 2. The van der Waals surface area contributed by atoms with Gasteiger partial charge in [0.25, 0.3) is 5.56 Å². The average molecular weight is 287 g/mol. The van der Waals surface area contributed by atoms with Gasteiger partial charge in [-0.3, -0.25) is 9.20 Å². The van der Waals surface area contributed by atoms with Crippen LogP contribution in [0.5, 0.6) is 11.5 Å². The number of rotatable bonds is 1. The zero-order chi connectivity index (χ0) is 14.4. The highest BCUT2D eigenvalue weighted by atomic mass is 32.1. The van der Waals surface area contributed by atoms with Crippen LogP contribution in [0.1, 0.15) is 18.2 Å². The standard InChI is InChI=1S/C13H9N3O3S/c1-2-7-6(5-14)12(19)15-13-16(7)8-3-9(17)10(18)4-11(8)20-13/h3-4,17-18H,2H2,1H3. The Hall–Kier alpha value is -2.59. The average Bonchev–Trinajstić information content (AvgIpc) is 2.74. The lowest BCUT2D eigenvalue weighted by Crippen LogP contribution is -2.16. The van der Waals surface area contributed by atoms with Gasteiger partial charge in [-0.25, -0.2) is 0 Å². The van der Waals surface area contributed by atoms with Crippen molar-refractivity contribution >= 4 is 26.5 Å². The number of hydrogen-bond acceptors (Lipinski definition) is 6. The summed E-state index contributed by atoms with van der Waals surface area (Å²) in [6.07, 6.45) is 0.481. The molecule has 0 aliphatic carbocycles. The molecule has 0 aliphatic heterocycles. The second-order valence-electron chi connectivity index (χ2n) is 4.23. The van der Waals surface area contributed by atoms with E-state index in [4.69, 9.17) is 5.26 Å². The predicted octanol–water partition coefficient (Wildman–Crippen LogP) is 1.75. The van der Waals surface area contributed by atoms with E-state index in [1.54, 1.807) is 4.40 Å². The number of phenols is 2. The number of nitriles is 1. The molecule has 0 amide bonds. The topological polar surface area (TPSA) is 98.6 Å². The number of aromatic hydroxyl groups is 2. The Bertz CT molecular complexity index is 950. The van der Waals surface area contributed by atoms with Gasteiger partial charge >= 0.3 is 0 Å². The Morgan fingerprint density at radius 3 is 2.75 bits per heavy atom. The van der Waals surface area contributed by atoms with Gasteiger partial charge < -0.3 is 10.2 Å². The van der Waals surface area contributed by atoms with Gasteiger partial charge in [0, 0.05) is 17.8 Å². The van der Waals surface area contributed by atoms with Crippen LogP contribution in [0.4, 0.5) is 0 Å². The van der Waals surface area contributed by atoms with E-state index in [1.807, 2.05) is 13.0 Å². The lowest BCUT2D eigenvalue weighted by molar-refractivity contribution is 0.405. The molecule has 2 heterocycles. The van der Waals surface area contributed by atoms with Crippen molar-refractivity contribution < 1.29 is 10.2 Å². The number of aryl methyl sites for hydroxylation is 1. The molecule has 0 saturated carbocycles. The van der Waals surface area contributed by atoms with Crippen molar-refractivity contribution in [2.24, 2.45) is 0 Å². The van der Waals surface area contributed by atoms with Crippen LogP contribution in [0.25, 0.3) is 15.2 Å².